The molecule has 8 nitrogen and oxygen atoms in total. The van der Waals surface area contributed by atoms with E-state index in [0.717, 1.165) is 10.0 Å². The number of ether oxygens (including phenoxy) is 1. The minimum Gasteiger partial charge on any atom is -0.383 e. The molecule has 0 aliphatic heterocycles. The summed E-state index contributed by atoms with van der Waals surface area (Å²) >= 11 is 3.44. The van der Waals surface area contributed by atoms with Crippen LogP contribution in [-0.2, 0) is 4.74 Å². The van der Waals surface area contributed by atoms with Crippen LogP contribution < -0.4 is 11.1 Å². The van der Waals surface area contributed by atoms with E-state index in [2.05, 4.69) is 36.3 Å². The van der Waals surface area contributed by atoms with Crippen molar-refractivity contribution in [2.24, 2.45) is 5.10 Å². The Kier molecular flexibility index (Phi) is 5.73. The molecule has 2 aromatic heterocycles. The molecule has 3 N–H and O–H groups in total. The lowest BCUT2D eigenvalue weighted by Crippen LogP contribution is -2.27. The van der Waals surface area contributed by atoms with E-state index in [-0.39, 0.29) is 17.3 Å². The zero-order chi connectivity index (χ0) is 21.1. The van der Waals surface area contributed by atoms with Gasteiger partial charge < -0.3 is 15.8 Å². The summed E-state index contributed by atoms with van der Waals surface area (Å²) in [5, 5.41) is 7.28. The Morgan fingerprint density at radius 2 is 2.00 bits per heavy atom. The molecule has 1 amide bonds. The number of hydrogen-bond acceptors (Lipinski definition) is 6. The van der Waals surface area contributed by atoms with Crippen LogP contribution in [0.25, 0.3) is 22.2 Å². The summed E-state index contributed by atoms with van der Waals surface area (Å²) in [5.74, 6) is -0.183. The first-order chi connectivity index (χ1) is 14.6. The van der Waals surface area contributed by atoms with E-state index in [0.29, 0.717) is 35.3 Å². The maximum absolute atomic E-state index is 12.8. The standard InChI is InChI=1S/C21H19BrN6O2/c1-30-10-9-24-21(29)17-18-20(27-16-8-3-2-7-15(16)26-18)28(19(17)23)25-12-13-5-4-6-14(22)11-13/h2-8,11-12H,9-10,23H2,1H3,(H,24,29)/b25-12-. The summed E-state index contributed by atoms with van der Waals surface area (Å²) in [6.07, 6.45) is 1.66. The number of hydrogen-bond donors (Lipinski definition) is 2. The van der Waals surface area contributed by atoms with E-state index < -0.39 is 0 Å². The van der Waals surface area contributed by atoms with E-state index in [4.69, 9.17) is 10.5 Å². The Hall–Kier alpha value is -3.30. The largest absolute Gasteiger partial charge is 0.383 e. The molecular formula is C21H19BrN6O2. The molecule has 2 heterocycles. The molecule has 2 aromatic carbocycles. The Balaban J connectivity index is 1.86. The van der Waals surface area contributed by atoms with Crippen LogP contribution in [0.15, 0.2) is 58.1 Å². The highest BCUT2D eigenvalue weighted by Crippen LogP contribution is 2.27. The van der Waals surface area contributed by atoms with Crippen LogP contribution in [0.2, 0.25) is 0 Å². The average molecular weight is 467 g/mol. The number of fused-ring (bicyclic) bond motifs is 2. The van der Waals surface area contributed by atoms with Crippen molar-refractivity contribution in [2.75, 3.05) is 26.0 Å². The smallest absolute Gasteiger partial charge is 0.257 e. The second-order valence-electron chi connectivity index (χ2n) is 6.50. The number of halogens is 1. The van der Waals surface area contributed by atoms with Crippen molar-refractivity contribution < 1.29 is 9.53 Å². The van der Waals surface area contributed by atoms with Crippen molar-refractivity contribution in [3.63, 3.8) is 0 Å². The van der Waals surface area contributed by atoms with Crippen LogP contribution in [0.1, 0.15) is 15.9 Å². The van der Waals surface area contributed by atoms with Crippen LogP contribution in [0, 0.1) is 0 Å². The van der Waals surface area contributed by atoms with Crippen molar-refractivity contribution >= 4 is 56.1 Å². The molecule has 0 fully saturated rings. The summed E-state index contributed by atoms with van der Waals surface area (Å²) in [4.78, 5) is 22.1. The van der Waals surface area contributed by atoms with E-state index >= 15 is 0 Å². The topological polar surface area (TPSA) is 107 Å². The highest BCUT2D eigenvalue weighted by Gasteiger charge is 2.23. The minimum atomic E-state index is -0.351. The normalized spacial score (nSPS) is 11.5. The van der Waals surface area contributed by atoms with Gasteiger partial charge in [0.2, 0.25) is 0 Å². The van der Waals surface area contributed by atoms with Gasteiger partial charge >= 0.3 is 0 Å². The molecule has 4 rings (SSSR count). The fraction of sp³-hybridized carbons (Fsp3) is 0.143. The summed E-state index contributed by atoms with van der Waals surface area (Å²) in [6, 6.07) is 15.1. The number of methoxy groups -OCH3 is 1. The van der Waals surface area contributed by atoms with E-state index in [1.165, 1.54) is 4.68 Å². The zero-order valence-electron chi connectivity index (χ0n) is 16.2. The number of para-hydroxylation sites is 2. The predicted octanol–water partition coefficient (Wildman–Crippen LogP) is 3.19. The number of carbonyl (C=O) groups is 1. The molecule has 0 bridgehead atoms. The number of benzene rings is 2. The van der Waals surface area contributed by atoms with E-state index in [1.807, 2.05) is 48.5 Å². The van der Waals surface area contributed by atoms with Gasteiger partial charge in [-0.05, 0) is 29.8 Å². The average Bonchev–Trinajstić information content (AvgIpc) is 3.01. The van der Waals surface area contributed by atoms with E-state index in [9.17, 15) is 4.79 Å². The first-order valence-corrected chi connectivity index (χ1v) is 10.0. The lowest BCUT2D eigenvalue weighted by atomic mass is 10.2. The summed E-state index contributed by atoms with van der Waals surface area (Å²) < 4.78 is 7.38. The van der Waals surface area contributed by atoms with Crippen LogP contribution >= 0.6 is 15.9 Å². The summed E-state index contributed by atoms with van der Waals surface area (Å²) in [5.41, 5.74) is 9.62. The molecule has 4 aromatic rings. The molecule has 0 atom stereocenters. The van der Waals surface area contributed by atoms with Crippen LogP contribution in [-0.4, -0.2) is 47.0 Å². The Labute approximate surface area is 180 Å². The molecule has 0 spiro atoms. The maximum Gasteiger partial charge on any atom is 0.257 e. The Bertz CT molecular complexity index is 1270. The van der Waals surface area contributed by atoms with Crippen molar-refractivity contribution in [1.82, 2.24) is 20.0 Å². The number of amides is 1. The van der Waals surface area contributed by atoms with Crippen molar-refractivity contribution in [1.29, 1.82) is 0 Å². The van der Waals surface area contributed by atoms with Crippen molar-refractivity contribution in [3.05, 3.63) is 64.1 Å². The van der Waals surface area contributed by atoms with Gasteiger partial charge in [-0.15, -0.1) is 0 Å². The monoisotopic (exact) mass is 466 g/mol. The van der Waals surface area contributed by atoms with Crippen molar-refractivity contribution in [3.8, 4) is 0 Å². The van der Waals surface area contributed by atoms with Gasteiger partial charge in [0.1, 0.15) is 16.9 Å². The Morgan fingerprint density at radius 1 is 1.23 bits per heavy atom. The second-order valence-corrected chi connectivity index (χ2v) is 7.42. The van der Waals surface area contributed by atoms with Gasteiger partial charge in [0.25, 0.3) is 5.91 Å². The lowest BCUT2D eigenvalue weighted by molar-refractivity contribution is 0.0939. The second kappa shape index (κ2) is 8.60. The van der Waals surface area contributed by atoms with Gasteiger partial charge in [-0.3, -0.25) is 4.79 Å². The number of nitrogen functional groups attached to an aromatic ring is 1. The van der Waals surface area contributed by atoms with E-state index in [1.54, 1.807) is 13.3 Å². The number of carbonyl (C=O) groups excluding carboxylic acids is 1. The number of nitrogens with zero attached hydrogens (tertiary/aromatic N) is 4. The highest BCUT2D eigenvalue weighted by molar-refractivity contribution is 9.10. The van der Waals surface area contributed by atoms with Gasteiger partial charge in [0.05, 0.1) is 23.9 Å². The first-order valence-electron chi connectivity index (χ1n) is 9.22. The third-order valence-electron chi connectivity index (χ3n) is 4.46. The Morgan fingerprint density at radius 3 is 2.73 bits per heavy atom. The van der Waals surface area contributed by atoms with Crippen molar-refractivity contribution in [2.45, 2.75) is 0 Å². The molecule has 0 saturated carbocycles. The molecule has 30 heavy (non-hydrogen) atoms. The number of aromatic nitrogens is 3. The zero-order valence-corrected chi connectivity index (χ0v) is 17.8. The third kappa shape index (κ3) is 3.89. The fourth-order valence-electron chi connectivity index (χ4n) is 3.05. The molecule has 0 aliphatic carbocycles. The van der Waals surface area contributed by atoms with Gasteiger partial charge in [-0.25, -0.2) is 9.97 Å². The van der Waals surface area contributed by atoms with Crippen LogP contribution in [0.4, 0.5) is 5.82 Å². The molecule has 0 aliphatic rings. The third-order valence-corrected chi connectivity index (χ3v) is 4.96. The van der Waals surface area contributed by atoms with Gasteiger partial charge in [-0.1, -0.05) is 40.2 Å². The minimum absolute atomic E-state index is 0.168. The number of anilines is 1. The van der Waals surface area contributed by atoms with Gasteiger partial charge in [0, 0.05) is 18.1 Å². The van der Waals surface area contributed by atoms with Gasteiger partial charge in [-0.2, -0.15) is 9.78 Å². The highest BCUT2D eigenvalue weighted by atomic mass is 79.9. The molecule has 9 heteroatoms. The van der Waals surface area contributed by atoms with Gasteiger partial charge in [0.15, 0.2) is 5.65 Å². The first kappa shape index (κ1) is 20.0. The molecule has 152 valence electrons. The predicted molar refractivity (Wildman–Crippen MR) is 121 cm³/mol. The molecule has 0 saturated heterocycles. The number of nitrogens with two attached hydrogens (primary N) is 1. The molecule has 0 unspecified atom stereocenters. The molecule has 0 radical (unpaired) electrons. The summed E-state index contributed by atoms with van der Waals surface area (Å²) in [6.45, 7) is 0.740. The summed E-state index contributed by atoms with van der Waals surface area (Å²) in [7, 11) is 1.57. The van der Waals surface area contributed by atoms with Crippen LogP contribution in [0.3, 0.4) is 0 Å². The fourth-order valence-corrected chi connectivity index (χ4v) is 3.47. The molecular weight excluding hydrogens is 448 g/mol. The number of nitrogens with one attached hydrogen (secondary N) is 1. The van der Waals surface area contributed by atoms with Crippen LogP contribution in [0.5, 0.6) is 0 Å². The quantitative estimate of drug-likeness (QED) is 0.335. The SMILES string of the molecule is COCCNC(=O)c1c(N)n(/N=C\c2cccc(Br)c2)c2nc3ccccc3nc12. The maximum atomic E-state index is 12.8. The number of rotatable bonds is 6. The lowest BCUT2D eigenvalue weighted by Gasteiger charge is -2.04.